The first kappa shape index (κ1) is 20.6. The van der Waals surface area contributed by atoms with Gasteiger partial charge in [0.15, 0.2) is 5.76 Å². The number of hydrogen-bond donors (Lipinski definition) is 1. The average molecular weight is 428 g/mol. The monoisotopic (exact) mass is 428 g/mol. The molecule has 2 aliphatic heterocycles. The third kappa shape index (κ3) is 4.10. The molecular formula is C20H20BFN3O4S. The van der Waals surface area contributed by atoms with Gasteiger partial charge in [-0.3, -0.25) is 9.79 Å². The van der Waals surface area contributed by atoms with Crippen molar-refractivity contribution in [1.29, 1.82) is 0 Å². The first-order valence-corrected chi connectivity index (χ1v) is 11.0. The van der Waals surface area contributed by atoms with Gasteiger partial charge in [-0.15, -0.1) is 0 Å². The van der Waals surface area contributed by atoms with E-state index in [1.165, 1.54) is 16.4 Å². The molecule has 0 saturated carbocycles. The summed E-state index contributed by atoms with van der Waals surface area (Å²) in [4.78, 5) is 17.0. The molecule has 2 aliphatic rings. The van der Waals surface area contributed by atoms with E-state index in [1.807, 2.05) is 20.2 Å². The van der Waals surface area contributed by atoms with Crippen LogP contribution in [0.25, 0.3) is 5.70 Å². The number of hydrogen-bond acceptors (Lipinski definition) is 5. The number of nitrogens with one attached hydrogen (secondary N) is 1. The SMILES string of the molecule is CC1=NC(c2ccc(CNC(=O)C3CCCN3S(=O)(=O)c3ccc(F)cc3)o2)=C[B]1. The predicted octanol–water partition coefficient (Wildman–Crippen LogP) is 2.32. The quantitative estimate of drug-likeness (QED) is 0.715. The van der Waals surface area contributed by atoms with Gasteiger partial charge in [0, 0.05) is 6.54 Å². The lowest BCUT2D eigenvalue weighted by molar-refractivity contribution is -0.124. The van der Waals surface area contributed by atoms with Crippen molar-refractivity contribution in [2.24, 2.45) is 4.99 Å². The topological polar surface area (TPSA) is 92.0 Å². The van der Waals surface area contributed by atoms with Crippen LogP contribution in [0.3, 0.4) is 0 Å². The van der Waals surface area contributed by atoms with E-state index < -0.39 is 27.8 Å². The molecule has 0 bridgehead atoms. The first-order valence-electron chi connectivity index (χ1n) is 9.59. The maximum Gasteiger partial charge on any atom is 0.243 e. The molecule has 1 fully saturated rings. The summed E-state index contributed by atoms with van der Waals surface area (Å²) in [5, 5.41) is 2.75. The summed E-state index contributed by atoms with van der Waals surface area (Å²) >= 11 is 0. The van der Waals surface area contributed by atoms with Gasteiger partial charge in [0.25, 0.3) is 0 Å². The fourth-order valence-electron chi connectivity index (χ4n) is 3.54. The molecule has 1 radical (unpaired) electrons. The van der Waals surface area contributed by atoms with Gasteiger partial charge in [-0.05, 0) is 61.8 Å². The van der Waals surface area contributed by atoms with E-state index in [-0.39, 0.29) is 18.0 Å². The lowest BCUT2D eigenvalue weighted by atomic mass is 9.75. The number of sulfonamides is 1. The molecule has 2 aromatic rings. The van der Waals surface area contributed by atoms with Crippen molar-refractivity contribution < 1.29 is 22.0 Å². The van der Waals surface area contributed by atoms with Crippen LogP contribution in [0.2, 0.25) is 0 Å². The molecular weight excluding hydrogens is 408 g/mol. The molecule has 1 aromatic heterocycles. The molecule has 3 heterocycles. The molecule has 1 unspecified atom stereocenters. The van der Waals surface area contributed by atoms with Crippen LogP contribution in [0, 0.1) is 5.82 Å². The van der Waals surface area contributed by atoms with E-state index in [4.69, 9.17) is 4.42 Å². The zero-order valence-electron chi connectivity index (χ0n) is 16.3. The molecule has 1 atom stereocenters. The number of carbonyl (C=O) groups excluding carboxylic acids is 1. The van der Waals surface area contributed by atoms with Crippen LogP contribution in [0.1, 0.15) is 31.3 Å². The summed E-state index contributed by atoms with van der Waals surface area (Å²) < 4.78 is 45.8. The summed E-state index contributed by atoms with van der Waals surface area (Å²) in [5.74, 6) is 2.10. The molecule has 0 aliphatic carbocycles. The van der Waals surface area contributed by atoms with Crippen molar-refractivity contribution in [1.82, 2.24) is 9.62 Å². The summed E-state index contributed by atoms with van der Waals surface area (Å²) in [6.45, 7) is 2.27. The summed E-state index contributed by atoms with van der Waals surface area (Å²) in [6, 6.07) is 7.33. The van der Waals surface area contributed by atoms with Crippen LogP contribution in [0.5, 0.6) is 0 Å². The Morgan fingerprint density at radius 3 is 2.77 bits per heavy atom. The number of furan rings is 1. The van der Waals surface area contributed by atoms with Crippen molar-refractivity contribution in [3.05, 3.63) is 59.7 Å². The van der Waals surface area contributed by atoms with E-state index in [0.29, 0.717) is 24.4 Å². The highest BCUT2D eigenvalue weighted by Crippen LogP contribution is 2.27. The molecule has 1 N–H and O–H groups in total. The minimum atomic E-state index is -3.89. The molecule has 10 heteroatoms. The second-order valence-corrected chi connectivity index (χ2v) is 9.07. The normalized spacial score (nSPS) is 19.3. The summed E-state index contributed by atoms with van der Waals surface area (Å²) in [7, 11) is -2.00. The molecule has 7 nitrogen and oxygen atoms in total. The lowest BCUT2D eigenvalue weighted by Gasteiger charge is -2.23. The number of halogens is 1. The zero-order valence-corrected chi connectivity index (χ0v) is 17.2. The second kappa shape index (κ2) is 8.19. The van der Waals surface area contributed by atoms with E-state index in [0.717, 1.165) is 23.4 Å². The Labute approximate surface area is 175 Å². The molecule has 0 spiro atoms. The van der Waals surface area contributed by atoms with Crippen molar-refractivity contribution in [2.75, 3.05) is 6.54 Å². The predicted molar refractivity (Wildman–Crippen MR) is 111 cm³/mol. The Hall–Kier alpha value is -2.72. The van der Waals surface area contributed by atoms with E-state index in [2.05, 4.69) is 10.3 Å². The van der Waals surface area contributed by atoms with Crippen LogP contribution in [0.15, 0.2) is 56.7 Å². The summed E-state index contributed by atoms with van der Waals surface area (Å²) in [5.41, 5.74) is 1.61. The standard InChI is InChI=1S/C20H20BFN3O4S/c1-13-21-11-17(24-13)19-9-6-15(29-19)12-23-20(26)18-3-2-10-25(18)30(27,28)16-7-4-14(22)5-8-16/h4-9,11,18H,2-3,10,12H2,1H3,(H,23,26). The highest BCUT2D eigenvalue weighted by atomic mass is 32.2. The molecule has 1 saturated heterocycles. The van der Waals surface area contributed by atoms with Crippen LogP contribution in [-0.4, -0.2) is 44.1 Å². The van der Waals surface area contributed by atoms with Crippen molar-refractivity contribution in [2.45, 2.75) is 37.2 Å². The van der Waals surface area contributed by atoms with Gasteiger partial charge in [-0.1, -0.05) is 5.98 Å². The van der Waals surface area contributed by atoms with Crippen molar-refractivity contribution >= 4 is 34.5 Å². The molecule has 1 amide bonds. The Balaban J connectivity index is 1.42. The molecule has 30 heavy (non-hydrogen) atoms. The fourth-order valence-corrected chi connectivity index (χ4v) is 5.19. The van der Waals surface area contributed by atoms with Gasteiger partial charge in [0.1, 0.15) is 17.6 Å². The van der Waals surface area contributed by atoms with E-state index >= 15 is 0 Å². The van der Waals surface area contributed by atoms with Crippen LogP contribution < -0.4 is 5.32 Å². The summed E-state index contributed by atoms with van der Waals surface area (Å²) in [6.07, 6.45) is 0.998. The third-order valence-electron chi connectivity index (χ3n) is 5.06. The Morgan fingerprint density at radius 2 is 2.07 bits per heavy atom. The molecule has 4 rings (SSSR count). The van der Waals surface area contributed by atoms with Gasteiger partial charge in [-0.2, -0.15) is 4.31 Å². The van der Waals surface area contributed by atoms with E-state index in [1.54, 1.807) is 12.1 Å². The number of aliphatic imine (C=N–C) groups is 1. The largest absolute Gasteiger partial charge is 0.458 e. The number of benzene rings is 1. The third-order valence-corrected chi connectivity index (χ3v) is 6.98. The van der Waals surface area contributed by atoms with Gasteiger partial charge in [-0.25, -0.2) is 12.8 Å². The van der Waals surface area contributed by atoms with Gasteiger partial charge >= 0.3 is 0 Å². The van der Waals surface area contributed by atoms with Gasteiger partial charge < -0.3 is 9.73 Å². The second-order valence-electron chi connectivity index (χ2n) is 7.18. The highest BCUT2D eigenvalue weighted by molar-refractivity contribution is 7.89. The average Bonchev–Trinajstić information content (AvgIpc) is 3.47. The van der Waals surface area contributed by atoms with Crippen molar-refractivity contribution in [3.63, 3.8) is 0 Å². The number of amides is 1. The Kier molecular flexibility index (Phi) is 5.61. The van der Waals surface area contributed by atoms with Gasteiger partial charge in [0.2, 0.25) is 23.2 Å². The first-order chi connectivity index (χ1) is 14.3. The highest BCUT2D eigenvalue weighted by Gasteiger charge is 2.39. The van der Waals surface area contributed by atoms with Gasteiger partial charge in [0.05, 0.1) is 17.1 Å². The lowest BCUT2D eigenvalue weighted by Crippen LogP contribution is -2.45. The minimum absolute atomic E-state index is 0.0308. The molecule has 155 valence electrons. The fraction of sp³-hybridized carbons (Fsp3) is 0.300. The molecule has 1 aromatic carbocycles. The number of carbonyl (C=O) groups is 1. The number of nitrogens with zero attached hydrogens (tertiary/aromatic N) is 2. The van der Waals surface area contributed by atoms with Crippen LogP contribution >= 0.6 is 0 Å². The Bertz CT molecular complexity index is 1130. The number of rotatable bonds is 6. The smallest absolute Gasteiger partial charge is 0.243 e. The minimum Gasteiger partial charge on any atom is -0.458 e. The van der Waals surface area contributed by atoms with Crippen LogP contribution in [0.4, 0.5) is 4.39 Å². The van der Waals surface area contributed by atoms with E-state index in [9.17, 15) is 17.6 Å². The zero-order chi connectivity index (χ0) is 21.3. The maximum absolute atomic E-state index is 13.1. The Morgan fingerprint density at radius 1 is 1.30 bits per heavy atom. The maximum atomic E-state index is 13.1. The van der Waals surface area contributed by atoms with Crippen molar-refractivity contribution in [3.8, 4) is 0 Å². The van der Waals surface area contributed by atoms with Crippen LogP contribution in [-0.2, 0) is 21.4 Å².